The van der Waals surface area contributed by atoms with E-state index in [2.05, 4.69) is 6.92 Å². The van der Waals surface area contributed by atoms with Gasteiger partial charge in [0.1, 0.15) is 11.9 Å². The zero-order valence-corrected chi connectivity index (χ0v) is 8.29. The molecule has 0 amide bonds. The van der Waals surface area contributed by atoms with Gasteiger partial charge in [0.25, 0.3) is 0 Å². The van der Waals surface area contributed by atoms with Crippen LogP contribution in [0.1, 0.15) is 31.1 Å². The fourth-order valence-corrected chi connectivity index (χ4v) is 1.72. The predicted octanol–water partition coefficient (Wildman–Crippen LogP) is 2.09. The molecule has 1 aromatic heterocycles. The van der Waals surface area contributed by atoms with E-state index in [1.807, 2.05) is 6.07 Å². The maximum atomic E-state index is 10.6. The van der Waals surface area contributed by atoms with E-state index in [-0.39, 0.29) is 12.1 Å². The highest BCUT2D eigenvalue weighted by atomic mass is 16.6. The van der Waals surface area contributed by atoms with E-state index in [1.54, 1.807) is 6.26 Å². The number of rotatable bonds is 4. The Morgan fingerprint density at radius 1 is 1.57 bits per heavy atom. The van der Waals surface area contributed by atoms with Gasteiger partial charge in [0, 0.05) is 12.8 Å². The molecule has 0 aromatic carbocycles. The van der Waals surface area contributed by atoms with Crippen molar-refractivity contribution < 1.29 is 13.9 Å². The summed E-state index contributed by atoms with van der Waals surface area (Å²) in [4.78, 5) is 10.6. The largest absolute Gasteiger partial charge is 0.469 e. The van der Waals surface area contributed by atoms with Crippen molar-refractivity contribution in [2.45, 2.75) is 38.7 Å². The maximum absolute atomic E-state index is 10.6. The first-order chi connectivity index (χ1) is 6.79. The Labute approximate surface area is 83.0 Å². The van der Waals surface area contributed by atoms with Crippen LogP contribution in [0.15, 0.2) is 16.7 Å². The van der Waals surface area contributed by atoms with Gasteiger partial charge in [-0.25, -0.2) is 0 Å². The van der Waals surface area contributed by atoms with Gasteiger partial charge in [-0.1, -0.05) is 6.92 Å². The monoisotopic (exact) mass is 194 g/mol. The molecule has 0 aliphatic carbocycles. The molecule has 14 heavy (non-hydrogen) atoms. The van der Waals surface area contributed by atoms with Gasteiger partial charge in [-0.2, -0.15) is 0 Å². The van der Waals surface area contributed by atoms with E-state index < -0.39 is 0 Å². The van der Waals surface area contributed by atoms with Crippen molar-refractivity contribution in [1.82, 2.24) is 0 Å². The molecule has 0 spiro atoms. The fourth-order valence-electron chi connectivity index (χ4n) is 1.72. The molecule has 1 atom stereocenters. The topological polar surface area (TPSA) is 39.4 Å². The quantitative estimate of drug-likeness (QED) is 0.689. The van der Waals surface area contributed by atoms with Gasteiger partial charge in [0.2, 0.25) is 0 Å². The van der Waals surface area contributed by atoms with Gasteiger partial charge in [0.15, 0.2) is 0 Å². The Hall–Kier alpha value is -1.25. The predicted molar refractivity (Wildman–Crippen MR) is 50.9 cm³/mol. The molecule has 1 aromatic rings. The van der Waals surface area contributed by atoms with Crippen LogP contribution >= 0.6 is 0 Å². The van der Waals surface area contributed by atoms with Crippen LogP contribution in [0.4, 0.5) is 0 Å². The summed E-state index contributed by atoms with van der Waals surface area (Å²) in [6.07, 6.45) is 5.18. The van der Waals surface area contributed by atoms with Crippen molar-refractivity contribution in [1.29, 1.82) is 0 Å². The SMILES string of the molecule is CCCc1occc1CC1CC(=O)O1. The second-order valence-corrected chi connectivity index (χ2v) is 3.64. The molecule has 0 saturated carbocycles. The summed E-state index contributed by atoms with van der Waals surface area (Å²) in [5.41, 5.74) is 1.18. The molecule has 2 rings (SSSR count). The Morgan fingerprint density at radius 3 is 3.00 bits per heavy atom. The van der Waals surface area contributed by atoms with Gasteiger partial charge in [0.05, 0.1) is 12.7 Å². The number of hydrogen-bond donors (Lipinski definition) is 0. The number of cyclic esters (lactones) is 1. The van der Waals surface area contributed by atoms with E-state index in [4.69, 9.17) is 9.15 Å². The summed E-state index contributed by atoms with van der Waals surface area (Å²) >= 11 is 0. The second kappa shape index (κ2) is 3.86. The smallest absolute Gasteiger partial charge is 0.309 e. The Balaban J connectivity index is 1.94. The molecule has 1 fully saturated rings. The third kappa shape index (κ3) is 1.81. The van der Waals surface area contributed by atoms with E-state index in [1.165, 1.54) is 5.56 Å². The lowest BCUT2D eigenvalue weighted by atomic mass is 10.0. The summed E-state index contributed by atoms with van der Waals surface area (Å²) in [5, 5.41) is 0. The third-order valence-electron chi connectivity index (χ3n) is 2.45. The van der Waals surface area contributed by atoms with E-state index in [0.717, 1.165) is 25.0 Å². The minimum Gasteiger partial charge on any atom is -0.469 e. The van der Waals surface area contributed by atoms with Crippen LogP contribution < -0.4 is 0 Å². The Morgan fingerprint density at radius 2 is 2.36 bits per heavy atom. The van der Waals surface area contributed by atoms with Crippen LogP contribution in [0, 0.1) is 0 Å². The van der Waals surface area contributed by atoms with Gasteiger partial charge >= 0.3 is 5.97 Å². The van der Waals surface area contributed by atoms with Crippen molar-refractivity contribution in [2.75, 3.05) is 0 Å². The van der Waals surface area contributed by atoms with Crippen LogP contribution in [0.3, 0.4) is 0 Å². The standard InChI is InChI=1S/C11H14O3/c1-2-3-10-8(4-5-13-10)6-9-7-11(12)14-9/h4-5,9H,2-3,6-7H2,1H3. The number of ether oxygens (including phenoxy) is 1. The highest BCUT2D eigenvalue weighted by Gasteiger charge is 2.29. The number of esters is 1. The maximum Gasteiger partial charge on any atom is 0.309 e. The number of furan rings is 1. The minimum atomic E-state index is -0.0875. The van der Waals surface area contributed by atoms with Crippen molar-refractivity contribution in [2.24, 2.45) is 0 Å². The second-order valence-electron chi connectivity index (χ2n) is 3.64. The molecular formula is C11H14O3. The van der Waals surface area contributed by atoms with Gasteiger partial charge in [-0.3, -0.25) is 4.79 Å². The molecule has 0 N–H and O–H groups in total. The third-order valence-corrected chi connectivity index (χ3v) is 2.45. The van der Waals surface area contributed by atoms with E-state index in [0.29, 0.717) is 6.42 Å². The van der Waals surface area contributed by atoms with Crippen LogP contribution in [-0.2, 0) is 22.4 Å². The average molecular weight is 194 g/mol. The summed E-state index contributed by atoms with van der Waals surface area (Å²) in [7, 11) is 0. The first-order valence-corrected chi connectivity index (χ1v) is 5.04. The van der Waals surface area contributed by atoms with Crippen molar-refractivity contribution >= 4 is 5.97 Å². The van der Waals surface area contributed by atoms with Crippen molar-refractivity contribution in [3.05, 3.63) is 23.7 Å². The van der Waals surface area contributed by atoms with E-state index in [9.17, 15) is 4.79 Å². The Bertz CT molecular complexity index is 319. The van der Waals surface area contributed by atoms with Gasteiger partial charge < -0.3 is 9.15 Å². The van der Waals surface area contributed by atoms with Crippen LogP contribution in [0.5, 0.6) is 0 Å². The molecule has 3 nitrogen and oxygen atoms in total. The minimum absolute atomic E-state index is 0.0794. The number of carbonyl (C=O) groups excluding carboxylic acids is 1. The van der Waals surface area contributed by atoms with E-state index >= 15 is 0 Å². The molecule has 1 aliphatic heterocycles. The van der Waals surface area contributed by atoms with Crippen LogP contribution in [0.25, 0.3) is 0 Å². The zero-order chi connectivity index (χ0) is 9.97. The van der Waals surface area contributed by atoms with Crippen molar-refractivity contribution in [3.63, 3.8) is 0 Å². The first-order valence-electron chi connectivity index (χ1n) is 5.04. The molecule has 0 radical (unpaired) electrons. The summed E-state index contributed by atoms with van der Waals surface area (Å²) in [5.74, 6) is 0.950. The molecule has 3 heteroatoms. The highest BCUT2D eigenvalue weighted by molar-refractivity contribution is 5.75. The number of hydrogen-bond acceptors (Lipinski definition) is 3. The zero-order valence-electron chi connectivity index (χ0n) is 8.29. The van der Waals surface area contributed by atoms with Crippen molar-refractivity contribution in [3.8, 4) is 0 Å². The van der Waals surface area contributed by atoms with Crippen LogP contribution in [0.2, 0.25) is 0 Å². The molecule has 0 bridgehead atoms. The lowest BCUT2D eigenvalue weighted by Gasteiger charge is -2.25. The van der Waals surface area contributed by atoms with Gasteiger partial charge in [-0.05, 0) is 18.1 Å². The average Bonchev–Trinajstić information content (AvgIpc) is 2.51. The summed E-state index contributed by atoms with van der Waals surface area (Å²) < 4.78 is 10.3. The molecule has 1 unspecified atom stereocenters. The fraction of sp³-hybridized carbons (Fsp3) is 0.545. The molecule has 76 valence electrons. The van der Waals surface area contributed by atoms with Crippen LogP contribution in [-0.4, -0.2) is 12.1 Å². The molecule has 1 saturated heterocycles. The highest BCUT2D eigenvalue weighted by Crippen LogP contribution is 2.22. The summed E-state index contributed by atoms with van der Waals surface area (Å²) in [6.45, 7) is 2.12. The summed E-state index contributed by atoms with van der Waals surface area (Å²) in [6, 6.07) is 1.97. The lowest BCUT2D eigenvalue weighted by molar-refractivity contribution is -0.169. The molecular weight excluding hydrogens is 180 g/mol. The number of aryl methyl sites for hydroxylation is 1. The lowest BCUT2D eigenvalue weighted by Crippen LogP contribution is -2.34. The molecule has 2 heterocycles. The Kier molecular flexibility index (Phi) is 2.57. The number of carbonyl (C=O) groups is 1. The van der Waals surface area contributed by atoms with Gasteiger partial charge in [-0.15, -0.1) is 0 Å². The normalized spacial score (nSPS) is 20.4. The molecule has 1 aliphatic rings. The first kappa shape index (κ1) is 9.31.